The molecule has 0 saturated carbocycles. The van der Waals surface area contributed by atoms with E-state index in [1.807, 2.05) is 0 Å². The molecular formula is C13H21N3O2. The molecule has 1 aromatic rings. The number of nitrogen functional groups attached to an aromatic ring is 1. The number of carbonyl (C=O) groups is 1. The molecule has 5 heteroatoms. The van der Waals surface area contributed by atoms with E-state index >= 15 is 0 Å². The molecule has 3 N–H and O–H groups in total. The highest BCUT2D eigenvalue weighted by molar-refractivity contribution is 5.93. The zero-order valence-corrected chi connectivity index (χ0v) is 11.1. The summed E-state index contributed by atoms with van der Waals surface area (Å²) in [5.41, 5.74) is 6.08. The van der Waals surface area contributed by atoms with E-state index in [9.17, 15) is 4.79 Å². The Morgan fingerprint density at radius 1 is 1.44 bits per heavy atom. The van der Waals surface area contributed by atoms with Crippen LogP contribution in [0, 0.1) is 5.92 Å². The van der Waals surface area contributed by atoms with Crippen LogP contribution >= 0.6 is 0 Å². The number of nitrogens with zero attached hydrogens (tertiary/aromatic N) is 1. The minimum atomic E-state index is -0.471. The van der Waals surface area contributed by atoms with Gasteiger partial charge >= 0.3 is 0 Å². The van der Waals surface area contributed by atoms with Crippen molar-refractivity contribution in [2.75, 3.05) is 17.7 Å². The molecule has 0 spiro atoms. The molecule has 0 bridgehead atoms. The number of amides is 1. The first-order valence-electron chi connectivity index (χ1n) is 6.13. The predicted molar refractivity (Wildman–Crippen MR) is 72.1 cm³/mol. The fraction of sp³-hybridized carbons (Fsp3) is 0.538. The summed E-state index contributed by atoms with van der Waals surface area (Å²) < 4.78 is 5.45. The van der Waals surface area contributed by atoms with Gasteiger partial charge in [-0.1, -0.05) is 13.8 Å². The lowest BCUT2D eigenvalue weighted by Gasteiger charge is -2.14. The zero-order valence-electron chi connectivity index (χ0n) is 11.1. The fourth-order valence-corrected chi connectivity index (χ4v) is 1.28. The van der Waals surface area contributed by atoms with Gasteiger partial charge in [0.25, 0.3) is 5.91 Å². The minimum absolute atomic E-state index is 0.176. The van der Waals surface area contributed by atoms with Crippen molar-refractivity contribution in [3.05, 3.63) is 18.3 Å². The summed E-state index contributed by atoms with van der Waals surface area (Å²) >= 11 is 0. The van der Waals surface area contributed by atoms with Gasteiger partial charge in [-0.05, 0) is 31.4 Å². The molecule has 5 nitrogen and oxygen atoms in total. The highest BCUT2D eigenvalue weighted by Crippen LogP contribution is 2.08. The number of pyridine rings is 1. The average molecular weight is 251 g/mol. The molecule has 0 aliphatic carbocycles. The predicted octanol–water partition coefficient (Wildman–Crippen LogP) is 2.05. The molecule has 18 heavy (non-hydrogen) atoms. The highest BCUT2D eigenvalue weighted by Gasteiger charge is 2.13. The largest absolute Gasteiger partial charge is 0.384 e. The van der Waals surface area contributed by atoms with Crippen LogP contribution in [0.25, 0.3) is 0 Å². The third kappa shape index (κ3) is 5.14. The molecule has 0 saturated heterocycles. The molecule has 0 aliphatic heterocycles. The maximum atomic E-state index is 11.8. The van der Waals surface area contributed by atoms with Crippen molar-refractivity contribution in [3.63, 3.8) is 0 Å². The Kier molecular flexibility index (Phi) is 5.58. The molecular weight excluding hydrogens is 230 g/mol. The molecule has 1 heterocycles. The molecule has 1 rings (SSSR count). The first-order valence-corrected chi connectivity index (χ1v) is 6.13. The van der Waals surface area contributed by atoms with E-state index in [1.165, 1.54) is 6.20 Å². The zero-order chi connectivity index (χ0) is 13.5. The second-order valence-electron chi connectivity index (χ2n) is 4.66. The fourth-order valence-electron chi connectivity index (χ4n) is 1.28. The van der Waals surface area contributed by atoms with Crippen LogP contribution in [-0.2, 0) is 9.53 Å². The van der Waals surface area contributed by atoms with Gasteiger partial charge in [-0.25, -0.2) is 4.98 Å². The summed E-state index contributed by atoms with van der Waals surface area (Å²) in [5.74, 6) is 0.820. The van der Waals surface area contributed by atoms with E-state index in [4.69, 9.17) is 10.5 Å². The van der Waals surface area contributed by atoms with E-state index in [-0.39, 0.29) is 5.91 Å². The lowest BCUT2D eigenvalue weighted by Crippen LogP contribution is -2.28. The van der Waals surface area contributed by atoms with Gasteiger partial charge in [-0.2, -0.15) is 0 Å². The molecule has 1 unspecified atom stereocenters. The Bertz CT molecular complexity index is 376. The van der Waals surface area contributed by atoms with Crippen molar-refractivity contribution in [2.45, 2.75) is 33.3 Å². The Labute approximate surface area is 108 Å². The number of hydrogen-bond donors (Lipinski definition) is 2. The first kappa shape index (κ1) is 14.4. The number of anilines is 2. The van der Waals surface area contributed by atoms with Crippen LogP contribution in [0.1, 0.15) is 27.2 Å². The third-order valence-corrected chi connectivity index (χ3v) is 2.49. The average Bonchev–Trinajstić information content (AvgIpc) is 2.31. The van der Waals surface area contributed by atoms with E-state index in [0.717, 1.165) is 6.42 Å². The summed E-state index contributed by atoms with van der Waals surface area (Å²) in [5, 5.41) is 2.73. The maximum Gasteiger partial charge on any atom is 0.253 e. The van der Waals surface area contributed by atoms with Crippen LogP contribution in [-0.4, -0.2) is 23.6 Å². The van der Waals surface area contributed by atoms with Crippen molar-refractivity contribution in [1.82, 2.24) is 4.98 Å². The van der Waals surface area contributed by atoms with E-state index in [1.54, 1.807) is 19.1 Å². The summed E-state index contributed by atoms with van der Waals surface area (Å²) in [7, 11) is 0. The van der Waals surface area contributed by atoms with Crippen molar-refractivity contribution in [1.29, 1.82) is 0 Å². The highest BCUT2D eigenvalue weighted by atomic mass is 16.5. The molecule has 1 atom stereocenters. The SMILES string of the molecule is CC(C)CCOC(C)C(=O)Nc1ccc(N)nc1. The van der Waals surface area contributed by atoms with Crippen LogP contribution < -0.4 is 11.1 Å². The second-order valence-corrected chi connectivity index (χ2v) is 4.66. The Hall–Kier alpha value is -1.62. The van der Waals surface area contributed by atoms with Crippen molar-refractivity contribution >= 4 is 17.4 Å². The van der Waals surface area contributed by atoms with Gasteiger partial charge in [-0.15, -0.1) is 0 Å². The van der Waals surface area contributed by atoms with Crippen LogP contribution in [0.15, 0.2) is 18.3 Å². The van der Waals surface area contributed by atoms with E-state index in [0.29, 0.717) is 24.0 Å². The number of aromatic nitrogens is 1. The Morgan fingerprint density at radius 3 is 2.72 bits per heavy atom. The van der Waals surface area contributed by atoms with Gasteiger partial charge in [0.2, 0.25) is 0 Å². The van der Waals surface area contributed by atoms with Gasteiger partial charge < -0.3 is 15.8 Å². The molecule has 0 radical (unpaired) electrons. The number of hydrogen-bond acceptors (Lipinski definition) is 4. The molecule has 100 valence electrons. The number of ether oxygens (including phenoxy) is 1. The van der Waals surface area contributed by atoms with Gasteiger partial charge in [0.05, 0.1) is 11.9 Å². The summed E-state index contributed by atoms with van der Waals surface area (Å²) in [6.07, 6.45) is 2.00. The number of rotatable bonds is 6. The second kappa shape index (κ2) is 6.96. The number of nitrogens with two attached hydrogens (primary N) is 1. The van der Waals surface area contributed by atoms with Gasteiger partial charge in [0, 0.05) is 6.61 Å². The van der Waals surface area contributed by atoms with Crippen LogP contribution in [0.4, 0.5) is 11.5 Å². The maximum absolute atomic E-state index is 11.8. The Morgan fingerprint density at radius 2 is 2.17 bits per heavy atom. The topological polar surface area (TPSA) is 77.2 Å². The van der Waals surface area contributed by atoms with Gasteiger partial charge in [0.1, 0.15) is 11.9 Å². The van der Waals surface area contributed by atoms with E-state index in [2.05, 4.69) is 24.1 Å². The monoisotopic (exact) mass is 251 g/mol. The van der Waals surface area contributed by atoms with Crippen molar-refractivity contribution in [2.24, 2.45) is 5.92 Å². The molecule has 1 aromatic heterocycles. The molecule has 1 amide bonds. The van der Waals surface area contributed by atoms with Crippen LogP contribution in [0.3, 0.4) is 0 Å². The van der Waals surface area contributed by atoms with Gasteiger partial charge in [0.15, 0.2) is 0 Å². The summed E-state index contributed by atoms with van der Waals surface area (Å²) in [6, 6.07) is 3.35. The quantitative estimate of drug-likeness (QED) is 0.811. The standard InChI is InChI=1S/C13H21N3O2/c1-9(2)6-7-18-10(3)13(17)16-11-4-5-12(14)15-8-11/h4-5,8-10H,6-7H2,1-3H3,(H2,14,15)(H,16,17). The molecule has 0 aliphatic rings. The van der Waals surface area contributed by atoms with Gasteiger partial charge in [-0.3, -0.25) is 4.79 Å². The number of carbonyl (C=O) groups excluding carboxylic acids is 1. The molecule has 0 aromatic carbocycles. The summed E-state index contributed by atoms with van der Waals surface area (Å²) in [4.78, 5) is 15.7. The molecule has 0 fully saturated rings. The third-order valence-electron chi connectivity index (χ3n) is 2.49. The minimum Gasteiger partial charge on any atom is -0.384 e. The number of nitrogens with one attached hydrogen (secondary N) is 1. The normalized spacial score (nSPS) is 12.4. The van der Waals surface area contributed by atoms with Crippen molar-refractivity contribution < 1.29 is 9.53 Å². The van der Waals surface area contributed by atoms with Crippen LogP contribution in [0.5, 0.6) is 0 Å². The van der Waals surface area contributed by atoms with Crippen LogP contribution in [0.2, 0.25) is 0 Å². The van der Waals surface area contributed by atoms with Crippen molar-refractivity contribution in [3.8, 4) is 0 Å². The summed E-state index contributed by atoms with van der Waals surface area (Å²) in [6.45, 7) is 6.56. The van der Waals surface area contributed by atoms with E-state index < -0.39 is 6.10 Å². The first-order chi connectivity index (χ1) is 8.49. The lowest BCUT2D eigenvalue weighted by molar-refractivity contribution is -0.126. The smallest absolute Gasteiger partial charge is 0.253 e. The Balaban J connectivity index is 2.37. The lowest BCUT2D eigenvalue weighted by atomic mass is 10.1.